The summed E-state index contributed by atoms with van der Waals surface area (Å²) in [5, 5.41) is 2.95. The van der Waals surface area contributed by atoms with Gasteiger partial charge in [0, 0.05) is 11.6 Å². The molecule has 0 radical (unpaired) electrons. The van der Waals surface area contributed by atoms with Crippen molar-refractivity contribution in [3.8, 4) is 11.5 Å². The second-order valence-corrected chi connectivity index (χ2v) is 3.98. The molecule has 5 nitrogen and oxygen atoms in total. The maximum absolute atomic E-state index is 11.1. The van der Waals surface area contributed by atoms with Gasteiger partial charge in [0.25, 0.3) is 0 Å². The molecule has 0 amide bonds. The van der Waals surface area contributed by atoms with Crippen molar-refractivity contribution in [1.82, 2.24) is 5.32 Å². The summed E-state index contributed by atoms with van der Waals surface area (Å²) in [4.78, 5) is 15.4. The molecule has 1 N–H and O–H groups in total. The van der Waals surface area contributed by atoms with Crippen molar-refractivity contribution in [3.05, 3.63) is 17.7 Å². The van der Waals surface area contributed by atoms with Crippen LogP contribution in [0.4, 0.5) is 5.69 Å². The van der Waals surface area contributed by atoms with E-state index in [-0.39, 0.29) is 5.88 Å². The average Bonchev–Trinajstić information content (AvgIpc) is 2.44. The fourth-order valence-corrected chi connectivity index (χ4v) is 1.98. The Morgan fingerprint density at radius 2 is 2.06 bits per heavy atom. The van der Waals surface area contributed by atoms with Crippen LogP contribution in [0.1, 0.15) is 11.6 Å². The minimum Gasteiger partial charge on any atom is -0.493 e. The van der Waals surface area contributed by atoms with Crippen LogP contribution < -0.4 is 14.8 Å². The Kier molecular flexibility index (Phi) is 3.72. The number of hydrogen-bond donors (Lipinski definition) is 1. The maximum Gasteiger partial charge on any atom is 0.162 e. The largest absolute Gasteiger partial charge is 0.493 e. The number of aldehydes is 1. The molecule has 0 saturated carbocycles. The molecule has 18 heavy (non-hydrogen) atoms. The van der Waals surface area contributed by atoms with Gasteiger partial charge in [0.2, 0.25) is 0 Å². The van der Waals surface area contributed by atoms with Crippen molar-refractivity contribution in [2.75, 3.05) is 20.1 Å². The Morgan fingerprint density at radius 1 is 1.39 bits per heavy atom. The highest BCUT2D eigenvalue weighted by molar-refractivity contribution is 6.28. The van der Waals surface area contributed by atoms with E-state index in [9.17, 15) is 4.79 Å². The minimum absolute atomic E-state index is 0.220. The Hall–Kier alpha value is -1.75. The average molecular weight is 269 g/mol. The lowest BCUT2D eigenvalue weighted by Gasteiger charge is -2.23. The molecule has 0 saturated heterocycles. The zero-order valence-electron chi connectivity index (χ0n) is 10.1. The van der Waals surface area contributed by atoms with E-state index >= 15 is 0 Å². The molecular weight excluding hydrogens is 256 g/mol. The third-order valence-corrected chi connectivity index (χ3v) is 2.96. The molecule has 2 rings (SSSR count). The van der Waals surface area contributed by atoms with E-state index in [1.54, 1.807) is 26.4 Å². The van der Waals surface area contributed by atoms with Gasteiger partial charge in [0.1, 0.15) is 18.2 Å². The highest BCUT2D eigenvalue weighted by atomic mass is 35.5. The highest BCUT2D eigenvalue weighted by Gasteiger charge is 2.23. The summed E-state index contributed by atoms with van der Waals surface area (Å²) < 4.78 is 10.4. The molecule has 1 unspecified atom stereocenters. The lowest BCUT2D eigenvalue weighted by molar-refractivity contribution is -0.109. The van der Waals surface area contributed by atoms with Crippen molar-refractivity contribution < 1.29 is 14.3 Å². The van der Waals surface area contributed by atoms with Crippen LogP contribution in [0, 0.1) is 0 Å². The summed E-state index contributed by atoms with van der Waals surface area (Å²) in [7, 11) is 3.10. The van der Waals surface area contributed by atoms with Crippen LogP contribution in [-0.2, 0) is 4.79 Å². The zero-order valence-corrected chi connectivity index (χ0v) is 10.8. The molecule has 0 fully saturated rings. The van der Waals surface area contributed by atoms with Gasteiger partial charge in [-0.05, 0) is 6.07 Å². The number of hydrogen-bond acceptors (Lipinski definition) is 5. The molecule has 1 aliphatic rings. The number of aliphatic imine (C=N–C) groups is 1. The first-order valence-electron chi connectivity index (χ1n) is 5.34. The lowest BCUT2D eigenvalue weighted by Crippen LogP contribution is -2.33. The van der Waals surface area contributed by atoms with Gasteiger partial charge in [0.05, 0.1) is 25.8 Å². The number of benzene rings is 1. The first-order valence-corrected chi connectivity index (χ1v) is 5.88. The molecule has 0 bridgehead atoms. The summed E-state index contributed by atoms with van der Waals surface area (Å²) in [6.45, 7) is 0. The number of nitrogens with zero attached hydrogens (tertiary/aromatic N) is 1. The number of fused-ring (bicyclic) bond motifs is 1. The summed E-state index contributed by atoms with van der Waals surface area (Å²) in [6, 6.07) is 3.01. The van der Waals surface area contributed by atoms with Crippen molar-refractivity contribution in [2.45, 2.75) is 6.04 Å². The number of carbonyl (C=O) groups excluding carboxylic acids is 1. The van der Waals surface area contributed by atoms with Gasteiger partial charge in [-0.2, -0.15) is 0 Å². The van der Waals surface area contributed by atoms with Crippen LogP contribution in [0.5, 0.6) is 11.5 Å². The van der Waals surface area contributed by atoms with Crippen LogP contribution in [-0.4, -0.2) is 32.2 Å². The number of carbonyl (C=O) groups is 1. The molecule has 1 aliphatic heterocycles. The number of nitrogens with one attached hydrogen (secondary N) is 1. The number of methoxy groups -OCH3 is 2. The van der Waals surface area contributed by atoms with Crippen molar-refractivity contribution in [2.24, 2.45) is 4.99 Å². The number of alkyl halides is 1. The van der Waals surface area contributed by atoms with Gasteiger partial charge in [-0.1, -0.05) is 0 Å². The SMILES string of the molecule is COc1cc2c(cc1OC)C(C=O)NC(CCl)=N2. The van der Waals surface area contributed by atoms with Gasteiger partial charge in [-0.3, -0.25) is 0 Å². The van der Waals surface area contributed by atoms with Crippen molar-refractivity contribution in [1.29, 1.82) is 0 Å². The predicted molar refractivity (Wildman–Crippen MR) is 69.3 cm³/mol. The molecule has 1 atom stereocenters. The smallest absolute Gasteiger partial charge is 0.162 e. The highest BCUT2D eigenvalue weighted by Crippen LogP contribution is 2.38. The van der Waals surface area contributed by atoms with E-state index in [0.717, 1.165) is 11.8 Å². The Bertz CT molecular complexity index is 502. The number of halogens is 1. The molecule has 1 aromatic carbocycles. The minimum atomic E-state index is -0.467. The molecule has 6 heteroatoms. The van der Waals surface area contributed by atoms with Crippen LogP contribution in [0.3, 0.4) is 0 Å². The summed E-state index contributed by atoms with van der Waals surface area (Å²) in [5.41, 5.74) is 1.41. The third kappa shape index (κ3) is 2.13. The van der Waals surface area contributed by atoms with E-state index in [2.05, 4.69) is 10.3 Å². The monoisotopic (exact) mass is 268 g/mol. The quantitative estimate of drug-likeness (QED) is 0.668. The molecule has 0 aliphatic carbocycles. The van der Waals surface area contributed by atoms with Crippen LogP contribution in [0.25, 0.3) is 0 Å². The Balaban J connectivity index is 2.57. The Morgan fingerprint density at radius 3 is 2.61 bits per heavy atom. The molecule has 96 valence electrons. The fraction of sp³-hybridized carbons (Fsp3) is 0.333. The fourth-order valence-electron chi connectivity index (χ4n) is 1.84. The molecule has 0 spiro atoms. The van der Waals surface area contributed by atoms with Crippen LogP contribution in [0.2, 0.25) is 0 Å². The standard InChI is InChI=1S/C12H13ClN2O3/c1-17-10-3-7-8(4-11(10)18-2)14-12(5-13)15-9(7)6-16/h3-4,6,9H,5H2,1-2H3,(H,14,15). The maximum atomic E-state index is 11.1. The molecular formula is C12H13ClN2O3. The Labute approximate surface area is 110 Å². The van der Waals surface area contributed by atoms with Crippen LogP contribution >= 0.6 is 11.6 Å². The molecule has 0 aromatic heterocycles. The first-order chi connectivity index (χ1) is 8.73. The van der Waals surface area contributed by atoms with Gasteiger partial charge in [-0.25, -0.2) is 4.99 Å². The number of ether oxygens (including phenoxy) is 2. The van der Waals surface area contributed by atoms with E-state index in [1.807, 2.05) is 0 Å². The van der Waals surface area contributed by atoms with E-state index in [0.29, 0.717) is 23.0 Å². The van der Waals surface area contributed by atoms with Gasteiger partial charge >= 0.3 is 0 Å². The van der Waals surface area contributed by atoms with E-state index in [1.165, 1.54) is 0 Å². The summed E-state index contributed by atoms with van der Waals surface area (Å²) >= 11 is 5.74. The second-order valence-electron chi connectivity index (χ2n) is 3.72. The molecule has 1 heterocycles. The van der Waals surface area contributed by atoms with Crippen molar-refractivity contribution >= 4 is 29.4 Å². The lowest BCUT2D eigenvalue weighted by atomic mass is 10.0. The number of rotatable bonds is 4. The third-order valence-electron chi connectivity index (χ3n) is 2.71. The first kappa shape index (κ1) is 12.7. The normalized spacial score (nSPS) is 17.3. The number of amidine groups is 1. The molecule has 1 aromatic rings. The van der Waals surface area contributed by atoms with Gasteiger partial charge in [0.15, 0.2) is 11.5 Å². The summed E-state index contributed by atoms with van der Waals surface area (Å²) in [5.74, 6) is 1.92. The van der Waals surface area contributed by atoms with Crippen molar-refractivity contribution in [3.63, 3.8) is 0 Å². The second kappa shape index (κ2) is 5.27. The summed E-state index contributed by atoms with van der Waals surface area (Å²) in [6.07, 6.45) is 0.811. The van der Waals surface area contributed by atoms with Gasteiger partial charge < -0.3 is 19.6 Å². The van der Waals surface area contributed by atoms with Gasteiger partial charge in [-0.15, -0.1) is 11.6 Å². The predicted octanol–water partition coefficient (Wildman–Crippen LogP) is 1.82. The topological polar surface area (TPSA) is 59.9 Å². The van der Waals surface area contributed by atoms with E-state index < -0.39 is 6.04 Å². The van der Waals surface area contributed by atoms with Crippen LogP contribution in [0.15, 0.2) is 17.1 Å². The van der Waals surface area contributed by atoms with E-state index in [4.69, 9.17) is 21.1 Å². The zero-order chi connectivity index (χ0) is 13.1.